The zero-order valence-corrected chi connectivity index (χ0v) is 15.7. The maximum absolute atomic E-state index is 13.1. The van der Waals surface area contributed by atoms with E-state index in [-0.39, 0.29) is 11.9 Å². The minimum Gasteiger partial charge on any atom is -0.384 e. The summed E-state index contributed by atoms with van der Waals surface area (Å²) in [7, 11) is 0. The third-order valence-electron chi connectivity index (χ3n) is 5.28. The van der Waals surface area contributed by atoms with Crippen molar-refractivity contribution in [2.45, 2.75) is 38.3 Å². The highest BCUT2D eigenvalue weighted by Crippen LogP contribution is 2.24. The number of rotatable bonds is 5. The number of likely N-dealkylation sites (tertiary alicyclic amines) is 1. The normalized spacial score (nSPS) is 16.9. The highest BCUT2D eigenvalue weighted by Gasteiger charge is 2.27. The van der Waals surface area contributed by atoms with Crippen molar-refractivity contribution in [1.29, 1.82) is 0 Å². The lowest BCUT2D eigenvalue weighted by molar-refractivity contribution is 0.0595. The number of imidazole rings is 1. The number of nitrogen functional groups attached to an aromatic ring is 1. The smallest absolute Gasteiger partial charge is 0.254 e. The van der Waals surface area contributed by atoms with Crippen LogP contribution in [0.3, 0.4) is 0 Å². The fraction of sp³-hybridized carbons (Fsp3) is 0.333. The van der Waals surface area contributed by atoms with Gasteiger partial charge >= 0.3 is 0 Å². The molecule has 2 N–H and O–H groups in total. The Balaban J connectivity index is 1.47. The van der Waals surface area contributed by atoms with Gasteiger partial charge in [0, 0.05) is 48.7 Å². The number of anilines is 1. The fourth-order valence-corrected chi connectivity index (χ4v) is 3.76. The maximum atomic E-state index is 13.1. The molecule has 1 saturated heterocycles. The van der Waals surface area contributed by atoms with Crippen molar-refractivity contribution < 1.29 is 4.79 Å². The van der Waals surface area contributed by atoms with Crippen LogP contribution in [0, 0.1) is 0 Å². The Labute approximate surface area is 164 Å². The van der Waals surface area contributed by atoms with Gasteiger partial charge in [-0.2, -0.15) is 0 Å². The molecule has 1 atom stereocenters. The molecule has 1 aliphatic rings. The lowest BCUT2D eigenvalue weighted by Crippen LogP contribution is -2.44. The number of nitrogens with two attached hydrogens (primary N) is 1. The molecule has 0 spiro atoms. The van der Waals surface area contributed by atoms with Crippen molar-refractivity contribution in [3.8, 4) is 11.3 Å². The predicted molar refractivity (Wildman–Crippen MR) is 107 cm³/mol. The summed E-state index contributed by atoms with van der Waals surface area (Å²) in [5.74, 6) is 0.531. The van der Waals surface area contributed by atoms with E-state index in [4.69, 9.17) is 5.73 Å². The van der Waals surface area contributed by atoms with Crippen molar-refractivity contribution in [1.82, 2.24) is 24.4 Å². The molecule has 1 aliphatic heterocycles. The van der Waals surface area contributed by atoms with Crippen LogP contribution in [0.5, 0.6) is 0 Å². The highest BCUT2D eigenvalue weighted by atomic mass is 16.2. The predicted octanol–water partition coefficient (Wildman–Crippen LogP) is 3.01. The van der Waals surface area contributed by atoms with Crippen molar-refractivity contribution in [2.75, 3.05) is 12.3 Å². The molecule has 7 nitrogen and oxygen atoms in total. The molecule has 144 valence electrons. The number of aromatic nitrogens is 4. The Morgan fingerprint density at radius 2 is 2.04 bits per heavy atom. The van der Waals surface area contributed by atoms with Gasteiger partial charge in [-0.25, -0.2) is 15.0 Å². The zero-order chi connectivity index (χ0) is 19.3. The van der Waals surface area contributed by atoms with Crippen LogP contribution in [-0.4, -0.2) is 42.9 Å². The number of aryl methyl sites for hydroxylation is 1. The molecule has 1 amide bonds. The Morgan fingerprint density at radius 1 is 1.18 bits per heavy atom. The van der Waals surface area contributed by atoms with Gasteiger partial charge in [-0.15, -0.1) is 0 Å². The molecule has 0 bridgehead atoms. The first-order valence-electron chi connectivity index (χ1n) is 9.65. The Morgan fingerprint density at radius 3 is 2.79 bits per heavy atom. The third kappa shape index (κ3) is 4.03. The maximum Gasteiger partial charge on any atom is 0.254 e. The molecule has 4 rings (SSSR count). The molecular formula is C21H24N6O. The van der Waals surface area contributed by atoms with E-state index in [0.717, 1.165) is 43.6 Å². The largest absolute Gasteiger partial charge is 0.384 e. The van der Waals surface area contributed by atoms with E-state index in [0.29, 0.717) is 11.4 Å². The summed E-state index contributed by atoms with van der Waals surface area (Å²) >= 11 is 0. The first kappa shape index (κ1) is 18.2. The van der Waals surface area contributed by atoms with E-state index >= 15 is 0 Å². The third-order valence-corrected chi connectivity index (χ3v) is 5.28. The van der Waals surface area contributed by atoms with E-state index in [1.54, 1.807) is 12.3 Å². The molecule has 3 heterocycles. The van der Waals surface area contributed by atoms with Crippen molar-refractivity contribution in [2.24, 2.45) is 0 Å². The first-order chi connectivity index (χ1) is 13.7. The number of hydrogen-bond acceptors (Lipinski definition) is 5. The fourth-order valence-electron chi connectivity index (χ4n) is 3.76. The SMILES string of the molecule is Nc1cc(-c2ccc(C(=O)N3CCCCC3CCn3ccnc3)cc2)ncn1. The summed E-state index contributed by atoms with van der Waals surface area (Å²) in [4.78, 5) is 27.4. The molecule has 7 heteroatoms. The molecular weight excluding hydrogens is 352 g/mol. The average molecular weight is 376 g/mol. The van der Waals surface area contributed by atoms with Crippen molar-refractivity contribution >= 4 is 11.7 Å². The second-order valence-corrected chi connectivity index (χ2v) is 7.14. The minimum atomic E-state index is 0.101. The number of carbonyl (C=O) groups is 1. The molecule has 0 saturated carbocycles. The van der Waals surface area contributed by atoms with E-state index in [1.165, 1.54) is 12.7 Å². The molecule has 2 aromatic heterocycles. The number of nitrogens with zero attached hydrogens (tertiary/aromatic N) is 5. The van der Waals surface area contributed by atoms with Crippen molar-refractivity contribution in [3.05, 3.63) is 60.9 Å². The Kier molecular flexibility index (Phi) is 5.32. The molecule has 1 aromatic carbocycles. The standard InChI is InChI=1S/C21H24N6O/c22-20-13-19(24-14-25-20)16-4-6-17(7-5-16)21(28)27-10-2-1-3-18(27)8-11-26-12-9-23-15-26/h4-7,9,12-15,18H,1-3,8,10-11H2,(H2,22,24,25). The monoisotopic (exact) mass is 376 g/mol. The quantitative estimate of drug-likeness (QED) is 0.739. The molecule has 0 radical (unpaired) electrons. The molecule has 3 aromatic rings. The van der Waals surface area contributed by atoms with Crippen LogP contribution in [0.2, 0.25) is 0 Å². The molecule has 28 heavy (non-hydrogen) atoms. The lowest BCUT2D eigenvalue weighted by Gasteiger charge is -2.36. The van der Waals surface area contributed by atoms with E-state index < -0.39 is 0 Å². The van der Waals surface area contributed by atoms with Crippen LogP contribution in [0.4, 0.5) is 5.82 Å². The Hall–Kier alpha value is -3.22. The molecule has 1 fully saturated rings. The summed E-state index contributed by atoms with van der Waals surface area (Å²) in [5, 5.41) is 0. The number of carbonyl (C=O) groups excluding carboxylic acids is 1. The average Bonchev–Trinajstić information content (AvgIpc) is 3.26. The summed E-state index contributed by atoms with van der Waals surface area (Å²) in [5.41, 5.74) is 8.11. The zero-order valence-electron chi connectivity index (χ0n) is 15.7. The summed E-state index contributed by atoms with van der Waals surface area (Å²) < 4.78 is 2.07. The van der Waals surface area contributed by atoms with E-state index in [9.17, 15) is 4.79 Å². The van der Waals surface area contributed by atoms with Crippen LogP contribution in [-0.2, 0) is 6.54 Å². The number of piperidine rings is 1. The lowest BCUT2D eigenvalue weighted by atomic mass is 9.97. The topological polar surface area (TPSA) is 89.9 Å². The van der Waals surface area contributed by atoms with E-state index in [1.807, 2.05) is 41.7 Å². The van der Waals surface area contributed by atoms with Crippen LogP contribution in [0.25, 0.3) is 11.3 Å². The van der Waals surface area contributed by atoms with Crippen molar-refractivity contribution in [3.63, 3.8) is 0 Å². The van der Waals surface area contributed by atoms with Gasteiger partial charge in [0.25, 0.3) is 5.91 Å². The first-order valence-corrected chi connectivity index (χ1v) is 9.65. The number of hydrogen-bond donors (Lipinski definition) is 1. The number of benzene rings is 1. The van der Waals surface area contributed by atoms with Gasteiger partial charge in [0.1, 0.15) is 12.1 Å². The molecule has 1 unspecified atom stereocenters. The molecule has 0 aliphatic carbocycles. The highest BCUT2D eigenvalue weighted by molar-refractivity contribution is 5.95. The van der Waals surface area contributed by atoms with Crippen LogP contribution >= 0.6 is 0 Å². The van der Waals surface area contributed by atoms with Gasteiger partial charge in [0.2, 0.25) is 0 Å². The van der Waals surface area contributed by atoms with Crippen LogP contribution < -0.4 is 5.73 Å². The van der Waals surface area contributed by atoms with Gasteiger partial charge in [0.05, 0.1) is 12.0 Å². The summed E-state index contributed by atoms with van der Waals surface area (Å²) in [6.45, 7) is 1.69. The second kappa shape index (κ2) is 8.21. The van der Waals surface area contributed by atoms with Gasteiger partial charge in [-0.3, -0.25) is 4.79 Å². The number of amides is 1. The second-order valence-electron chi connectivity index (χ2n) is 7.14. The van der Waals surface area contributed by atoms with Gasteiger partial charge < -0.3 is 15.2 Å². The van der Waals surface area contributed by atoms with Gasteiger partial charge in [-0.1, -0.05) is 12.1 Å². The van der Waals surface area contributed by atoms with Gasteiger partial charge in [-0.05, 0) is 37.8 Å². The van der Waals surface area contributed by atoms with Gasteiger partial charge in [0.15, 0.2) is 0 Å². The summed E-state index contributed by atoms with van der Waals surface area (Å²) in [6.07, 6.45) is 11.3. The minimum absolute atomic E-state index is 0.101. The summed E-state index contributed by atoms with van der Waals surface area (Å²) in [6, 6.07) is 9.58. The Bertz CT molecular complexity index is 922. The van der Waals surface area contributed by atoms with Crippen LogP contribution in [0.1, 0.15) is 36.0 Å². The van der Waals surface area contributed by atoms with E-state index in [2.05, 4.69) is 19.5 Å². The van der Waals surface area contributed by atoms with Crippen LogP contribution in [0.15, 0.2) is 55.4 Å².